The molecule has 0 spiro atoms. The van der Waals surface area contributed by atoms with Crippen LogP contribution >= 0.6 is 0 Å². The van der Waals surface area contributed by atoms with Gasteiger partial charge >= 0.3 is 0 Å². The van der Waals surface area contributed by atoms with Gasteiger partial charge in [-0.15, -0.1) is 0 Å². The van der Waals surface area contributed by atoms with E-state index in [1.807, 2.05) is 6.07 Å². The second-order valence-corrected chi connectivity index (χ2v) is 5.91. The van der Waals surface area contributed by atoms with Gasteiger partial charge in [0.2, 0.25) is 0 Å². The van der Waals surface area contributed by atoms with Crippen molar-refractivity contribution in [1.82, 2.24) is 14.5 Å². The van der Waals surface area contributed by atoms with Crippen LogP contribution in [0.3, 0.4) is 0 Å². The molecule has 0 aliphatic rings. The minimum atomic E-state index is 0.970. The number of imidazole rings is 1. The van der Waals surface area contributed by atoms with Crippen molar-refractivity contribution in [3.8, 4) is 11.4 Å². The predicted molar refractivity (Wildman–Crippen MR) is 95.4 cm³/mol. The molecule has 0 saturated heterocycles. The van der Waals surface area contributed by atoms with Crippen molar-refractivity contribution < 1.29 is 0 Å². The van der Waals surface area contributed by atoms with Crippen molar-refractivity contribution in [3.63, 3.8) is 0 Å². The number of para-hydroxylation sites is 3. The molecule has 0 aliphatic carbocycles. The summed E-state index contributed by atoms with van der Waals surface area (Å²) in [7, 11) is 2.07. The van der Waals surface area contributed by atoms with Gasteiger partial charge in [0.15, 0.2) is 0 Å². The Kier molecular flexibility index (Phi) is 3.34. The Hall–Kier alpha value is -2.68. The van der Waals surface area contributed by atoms with Gasteiger partial charge in [-0.25, -0.2) is 4.98 Å². The highest BCUT2D eigenvalue weighted by Crippen LogP contribution is 2.29. The Morgan fingerprint density at radius 1 is 0.913 bits per heavy atom. The summed E-state index contributed by atoms with van der Waals surface area (Å²) < 4.78 is 2.15. The molecule has 0 bridgehead atoms. The Morgan fingerprint density at radius 2 is 1.78 bits per heavy atom. The van der Waals surface area contributed by atoms with Crippen molar-refractivity contribution in [1.29, 1.82) is 0 Å². The van der Waals surface area contributed by atoms with Gasteiger partial charge in [0.25, 0.3) is 0 Å². The van der Waals surface area contributed by atoms with Gasteiger partial charge in [0.1, 0.15) is 5.82 Å². The lowest BCUT2D eigenvalue weighted by molar-refractivity contribution is 0.889. The zero-order valence-electron chi connectivity index (χ0n) is 13.5. The fourth-order valence-corrected chi connectivity index (χ4v) is 3.15. The first kappa shape index (κ1) is 13.9. The van der Waals surface area contributed by atoms with Gasteiger partial charge in [0.05, 0.1) is 16.6 Å². The van der Waals surface area contributed by atoms with Crippen LogP contribution in [0.4, 0.5) is 0 Å². The van der Waals surface area contributed by atoms with E-state index in [4.69, 9.17) is 9.97 Å². The molecule has 0 unspecified atom stereocenters. The van der Waals surface area contributed by atoms with Crippen LogP contribution in [0.25, 0.3) is 33.3 Å². The van der Waals surface area contributed by atoms with E-state index in [1.54, 1.807) is 0 Å². The highest BCUT2D eigenvalue weighted by atomic mass is 15.1. The molecular weight excluding hydrogens is 282 g/mol. The summed E-state index contributed by atoms with van der Waals surface area (Å²) in [5.74, 6) is 0.970. The van der Waals surface area contributed by atoms with E-state index < -0.39 is 0 Å². The third kappa shape index (κ3) is 2.29. The van der Waals surface area contributed by atoms with E-state index >= 15 is 0 Å². The van der Waals surface area contributed by atoms with E-state index in [0.29, 0.717) is 0 Å². The first-order chi connectivity index (χ1) is 11.3. The molecule has 0 amide bonds. The number of benzene rings is 2. The molecule has 2 aromatic carbocycles. The van der Waals surface area contributed by atoms with E-state index in [2.05, 4.69) is 67.1 Å². The summed E-state index contributed by atoms with van der Waals surface area (Å²) in [6.07, 6.45) is 2.11. The topological polar surface area (TPSA) is 30.7 Å². The molecular formula is C20H19N3. The third-order valence-electron chi connectivity index (χ3n) is 4.31. The highest BCUT2D eigenvalue weighted by molar-refractivity contribution is 5.94. The van der Waals surface area contributed by atoms with Crippen LogP contribution in [0.2, 0.25) is 0 Å². The van der Waals surface area contributed by atoms with Crippen LogP contribution in [0, 0.1) is 0 Å². The minimum absolute atomic E-state index is 0.970. The number of fused-ring (bicyclic) bond motifs is 2. The van der Waals surface area contributed by atoms with Gasteiger partial charge in [-0.3, -0.25) is 4.98 Å². The average molecular weight is 301 g/mol. The molecule has 4 rings (SSSR count). The lowest BCUT2D eigenvalue weighted by Crippen LogP contribution is -1.96. The number of aromatic nitrogens is 3. The minimum Gasteiger partial charge on any atom is -0.327 e. The van der Waals surface area contributed by atoms with Crippen LogP contribution in [0.1, 0.15) is 19.0 Å². The molecule has 3 heteroatoms. The molecule has 23 heavy (non-hydrogen) atoms. The van der Waals surface area contributed by atoms with E-state index in [-0.39, 0.29) is 0 Å². The van der Waals surface area contributed by atoms with Gasteiger partial charge in [-0.1, -0.05) is 43.7 Å². The van der Waals surface area contributed by atoms with Crippen molar-refractivity contribution in [2.45, 2.75) is 19.8 Å². The Labute approximate surface area is 135 Å². The average Bonchev–Trinajstić information content (AvgIpc) is 2.92. The number of aryl methyl sites for hydroxylation is 2. The van der Waals surface area contributed by atoms with E-state index in [1.165, 1.54) is 0 Å². The fraction of sp³-hybridized carbons (Fsp3) is 0.200. The lowest BCUT2D eigenvalue weighted by Gasteiger charge is -2.08. The first-order valence-electron chi connectivity index (χ1n) is 8.08. The molecule has 0 fully saturated rings. The normalized spacial score (nSPS) is 11.4. The smallest absolute Gasteiger partial charge is 0.143 e. The van der Waals surface area contributed by atoms with Crippen molar-refractivity contribution in [2.24, 2.45) is 7.05 Å². The summed E-state index contributed by atoms with van der Waals surface area (Å²) in [6, 6.07) is 18.8. The molecule has 3 nitrogen and oxygen atoms in total. The number of rotatable bonds is 3. The molecule has 2 heterocycles. The quantitative estimate of drug-likeness (QED) is 0.547. The summed E-state index contributed by atoms with van der Waals surface area (Å²) in [5, 5.41) is 1.16. The molecule has 0 aliphatic heterocycles. The highest BCUT2D eigenvalue weighted by Gasteiger charge is 2.13. The largest absolute Gasteiger partial charge is 0.327 e. The van der Waals surface area contributed by atoms with Crippen molar-refractivity contribution in [3.05, 3.63) is 60.3 Å². The van der Waals surface area contributed by atoms with Crippen molar-refractivity contribution >= 4 is 21.9 Å². The monoisotopic (exact) mass is 301 g/mol. The molecule has 0 N–H and O–H groups in total. The zero-order chi connectivity index (χ0) is 15.8. The van der Waals surface area contributed by atoms with Gasteiger partial charge in [-0.05, 0) is 30.7 Å². The molecule has 4 aromatic rings. The SMILES string of the molecule is CCCc1ccc2cccc(-c3nc4ccccc4n3C)c2n1. The van der Waals surface area contributed by atoms with Crippen LogP contribution in [-0.2, 0) is 13.5 Å². The van der Waals surface area contributed by atoms with Crippen LogP contribution in [0.15, 0.2) is 54.6 Å². The van der Waals surface area contributed by atoms with Crippen molar-refractivity contribution in [2.75, 3.05) is 0 Å². The third-order valence-corrected chi connectivity index (χ3v) is 4.31. The number of hydrogen-bond donors (Lipinski definition) is 0. The maximum Gasteiger partial charge on any atom is 0.143 e. The van der Waals surface area contributed by atoms with E-state index in [9.17, 15) is 0 Å². The number of hydrogen-bond acceptors (Lipinski definition) is 2. The summed E-state index contributed by atoms with van der Waals surface area (Å²) >= 11 is 0. The molecule has 2 aromatic heterocycles. The number of nitrogens with zero attached hydrogens (tertiary/aromatic N) is 3. The standard InChI is InChI=1S/C20H19N3/c1-3-7-15-13-12-14-8-6-9-16(19(14)21-15)20-22-17-10-4-5-11-18(17)23(20)2/h4-6,8-13H,3,7H2,1-2H3. The number of pyridine rings is 1. The molecule has 114 valence electrons. The Balaban J connectivity index is 1.99. The fourth-order valence-electron chi connectivity index (χ4n) is 3.15. The maximum atomic E-state index is 4.90. The lowest BCUT2D eigenvalue weighted by atomic mass is 10.1. The van der Waals surface area contributed by atoms with Crippen LogP contribution in [0.5, 0.6) is 0 Å². The zero-order valence-corrected chi connectivity index (χ0v) is 13.5. The second kappa shape index (κ2) is 5.51. The van der Waals surface area contributed by atoms with Crippen LogP contribution in [-0.4, -0.2) is 14.5 Å². The Bertz CT molecular complexity index is 998. The van der Waals surface area contributed by atoms with Crippen LogP contribution < -0.4 is 0 Å². The summed E-state index contributed by atoms with van der Waals surface area (Å²) in [4.78, 5) is 9.73. The molecule has 0 saturated carbocycles. The Morgan fingerprint density at radius 3 is 2.61 bits per heavy atom. The van der Waals surface area contributed by atoms with E-state index in [0.717, 1.165) is 51.9 Å². The summed E-state index contributed by atoms with van der Waals surface area (Å²) in [6.45, 7) is 2.18. The molecule has 0 atom stereocenters. The van der Waals surface area contributed by atoms with Gasteiger partial charge < -0.3 is 4.57 Å². The van der Waals surface area contributed by atoms with Gasteiger partial charge in [-0.2, -0.15) is 0 Å². The second-order valence-electron chi connectivity index (χ2n) is 5.91. The maximum absolute atomic E-state index is 4.90. The predicted octanol–water partition coefficient (Wildman–Crippen LogP) is 4.74. The summed E-state index contributed by atoms with van der Waals surface area (Å²) in [5.41, 5.74) is 5.44. The first-order valence-corrected chi connectivity index (χ1v) is 8.08. The molecule has 0 radical (unpaired) electrons. The van der Waals surface area contributed by atoms with Gasteiger partial charge in [0, 0.05) is 23.7 Å².